The summed E-state index contributed by atoms with van der Waals surface area (Å²) in [5.74, 6) is 0. The summed E-state index contributed by atoms with van der Waals surface area (Å²) < 4.78 is 7.71. The molecule has 0 aromatic heterocycles. The molecule has 3 nitrogen and oxygen atoms in total. The van der Waals surface area contributed by atoms with Crippen molar-refractivity contribution in [2.45, 2.75) is 18.6 Å². The summed E-state index contributed by atoms with van der Waals surface area (Å²) >= 11 is 4.39. The molecule has 2 heterocycles. The fraction of sp³-hybridized carbons (Fsp3) is 1.00. The Labute approximate surface area is 72.6 Å². The Morgan fingerprint density at radius 3 is 3.00 bits per heavy atom. The number of ether oxygens (including phenoxy) is 1. The van der Waals surface area contributed by atoms with Gasteiger partial charge in [-0.15, -0.1) is 0 Å². The largest absolute Gasteiger partial charge is 0.357 e. The Morgan fingerprint density at radius 2 is 2.45 bits per heavy atom. The highest BCUT2D eigenvalue weighted by Crippen LogP contribution is 2.30. The molecule has 0 aliphatic carbocycles. The summed E-state index contributed by atoms with van der Waals surface area (Å²) in [5, 5.41) is 3.33. The molecule has 2 saturated heterocycles. The van der Waals surface area contributed by atoms with Crippen LogP contribution in [0.4, 0.5) is 0 Å². The minimum absolute atomic E-state index is 0.0820. The maximum atomic E-state index is 5.68. The highest BCUT2D eigenvalue weighted by Gasteiger charge is 2.41. The predicted molar refractivity (Wildman–Crippen MR) is 46.5 cm³/mol. The first-order chi connectivity index (χ1) is 5.33. The Kier molecular flexibility index (Phi) is 2.10. The molecule has 64 valence electrons. The van der Waals surface area contributed by atoms with Gasteiger partial charge in [-0.05, 0) is 19.4 Å². The zero-order valence-electron chi connectivity index (χ0n) is 6.55. The van der Waals surface area contributed by atoms with Crippen LogP contribution in [0.3, 0.4) is 0 Å². The molecule has 0 aromatic carbocycles. The van der Waals surface area contributed by atoms with Gasteiger partial charge < -0.3 is 10.1 Å². The highest BCUT2D eigenvalue weighted by atomic mass is 32.1. The lowest BCUT2D eigenvalue weighted by atomic mass is 10.0. The molecule has 0 saturated carbocycles. The molecule has 4 heteroatoms. The molecule has 0 aromatic rings. The Bertz CT molecular complexity index is 147. The van der Waals surface area contributed by atoms with Crippen molar-refractivity contribution < 1.29 is 4.74 Å². The van der Waals surface area contributed by atoms with Gasteiger partial charge in [0, 0.05) is 13.1 Å². The fourth-order valence-electron chi connectivity index (χ4n) is 1.81. The number of thiol groups is 1. The average Bonchev–Trinajstić information content (AvgIpc) is 2.36. The van der Waals surface area contributed by atoms with E-state index in [1.54, 1.807) is 0 Å². The van der Waals surface area contributed by atoms with E-state index in [4.69, 9.17) is 4.74 Å². The fourth-order valence-corrected chi connectivity index (χ4v) is 2.12. The van der Waals surface area contributed by atoms with E-state index in [-0.39, 0.29) is 5.72 Å². The van der Waals surface area contributed by atoms with E-state index in [2.05, 4.69) is 18.1 Å². The van der Waals surface area contributed by atoms with E-state index in [9.17, 15) is 0 Å². The first-order valence-electron chi connectivity index (χ1n) is 4.15. The minimum Gasteiger partial charge on any atom is -0.357 e. The Hall–Kier alpha value is 0.230. The molecule has 2 aliphatic heterocycles. The second kappa shape index (κ2) is 2.94. The van der Waals surface area contributed by atoms with Crippen LogP contribution in [0.5, 0.6) is 0 Å². The number of hydrogen-bond donors (Lipinski definition) is 2. The molecule has 0 bridgehead atoms. The third-order valence-electron chi connectivity index (χ3n) is 2.47. The second-order valence-corrected chi connectivity index (χ2v) is 3.68. The third kappa shape index (κ3) is 1.28. The van der Waals surface area contributed by atoms with Crippen molar-refractivity contribution in [1.82, 2.24) is 9.62 Å². The molecule has 0 amide bonds. The van der Waals surface area contributed by atoms with E-state index < -0.39 is 0 Å². The normalized spacial score (nSPS) is 40.1. The molecule has 2 aliphatic rings. The third-order valence-corrected chi connectivity index (χ3v) is 3.03. The number of rotatable bonds is 0. The van der Waals surface area contributed by atoms with Crippen molar-refractivity contribution in [3.63, 3.8) is 0 Å². The van der Waals surface area contributed by atoms with E-state index in [1.807, 2.05) is 4.31 Å². The summed E-state index contributed by atoms with van der Waals surface area (Å²) in [6, 6.07) is 0. The average molecular weight is 174 g/mol. The van der Waals surface area contributed by atoms with Crippen LogP contribution >= 0.6 is 12.8 Å². The first kappa shape index (κ1) is 7.86. The van der Waals surface area contributed by atoms with Gasteiger partial charge in [0.1, 0.15) is 5.72 Å². The quantitative estimate of drug-likeness (QED) is 0.515. The van der Waals surface area contributed by atoms with Gasteiger partial charge in [0.15, 0.2) is 0 Å². The number of nitrogens with zero attached hydrogens (tertiary/aromatic N) is 1. The molecule has 1 unspecified atom stereocenters. The molecule has 1 atom stereocenters. The van der Waals surface area contributed by atoms with E-state index in [1.165, 1.54) is 6.42 Å². The van der Waals surface area contributed by atoms with Crippen LogP contribution < -0.4 is 5.32 Å². The zero-order chi connectivity index (χ0) is 7.73. The van der Waals surface area contributed by atoms with Gasteiger partial charge in [-0.3, -0.25) is 0 Å². The van der Waals surface area contributed by atoms with Gasteiger partial charge in [0.25, 0.3) is 0 Å². The van der Waals surface area contributed by atoms with Crippen molar-refractivity contribution >= 4 is 12.8 Å². The van der Waals surface area contributed by atoms with Crippen LogP contribution in [0, 0.1) is 0 Å². The summed E-state index contributed by atoms with van der Waals surface area (Å²) in [7, 11) is 0. The topological polar surface area (TPSA) is 24.5 Å². The van der Waals surface area contributed by atoms with Crippen molar-refractivity contribution in [1.29, 1.82) is 0 Å². The Morgan fingerprint density at radius 1 is 1.55 bits per heavy atom. The van der Waals surface area contributed by atoms with Crippen molar-refractivity contribution in [2.24, 2.45) is 0 Å². The second-order valence-electron chi connectivity index (χ2n) is 3.20. The van der Waals surface area contributed by atoms with Gasteiger partial charge in [-0.1, -0.05) is 12.8 Å². The maximum Gasteiger partial charge on any atom is 0.143 e. The van der Waals surface area contributed by atoms with E-state index in [0.717, 1.165) is 32.7 Å². The molecule has 2 rings (SSSR count). The summed E-state index contributed by atoms with van der Waals surface area (Å²) in [6.45, 7) is 3.82. The van der Waals surface area contributed by atoms with Gasteiger partial charge >= 0.3 is 0 Å². The lowest BCUT2D eigenvalue weighted by molar-refractivity contribution is -0.0606. The van der Waals surface area contributed by atoms with E-state index in [0.29, 0.717) is 0 Å². The minimum atomic E-state index is -0.0820. The van der Waals surface area contributed by atoms with Gasteiger partial charge in [-0.25, -0.2) is 4.31 Å². The monoisotopic (exact) mass is 174 g/mol. The van der Waals surface area contributed by atoms with Crippen LogP contribution in [0.1, 0.15) is 12.8 Å². The number of hydrogen-bond acceptors (Lipinski definition) is 4. The van der Waals surface area contributed by atoms with Crippen molar-refractivity contribution in [3.8, 4) is 0 Å². The summed E-state index contributed by atoms with van der Waals surface area (Å²) in [6.07, 6.45) is 2.31. The van der Waals surface area contributed by atoms with Crippen LogP contribution in [-0.4, -0.2) is 36.3 Å². The molecular weight excluding hydrogens is 160 g/mol. The highest BCUT2D eigenvalue weighted by molar-refractivity contribution is 7.77. The van der Waals surface area contributed by atoms with Crippen molar-refractivity contribution in [2.75, 3.05) is 26.2 Å². The predicted octanol–water partition coefficient (Wildman–Crippen LogP) is 0.243. The van der Waals surface area contributed by atoms with Crippen LogP contribution in [0.15, 0.2) is 0 Å². The zero-order valence-corrected chi connectivity index (χ0v) is 7.44. The standard InChI is InChI=1S/C7H14N2OS/c11-9-4-5-10-7(9)2-1-3-8-6-7/h8,11H,1-6H2. The maximum absolute atomic E-state index is 5.68. The molecule has 1 N–H and O–H groups in total. The molecular formula is C7H14N2OS. The number of piperidine rings is 1. The number of nitrogens with one attached hydrogen (secondary N) is 1. The lowest BCUT2D eigenvalue weighted by Crippen LogP contribution is -2.52. The summed E-state index contributed by atoms with van der Waals surface area (Å²) in [4.78, 5) is 0. The van der Waals surface area contributed by atoms with Gasteiger partial charge in [-0.2, -0.15) is 0 Å². The first-order valence-corrected chi connectivity index (χ1v) is 4.55. The smallest absolute Gasteiger partial charge is 0.143 e. The summed E-state index contributed by atoms with van der Waals surface area (Å²) in [5.41, 5.74) is -0.0820. The van der Waals surface area contributed by atoms with Gasteiger partial charge in [0.05, 0.1) is 6.61 Å². The van der Waals surface area contributed by atoms with Gasteiger partial charge in [0.2, 0.25) is 0 Å². The van der Waals surface area contributed by atoms with E-state index >= 15 is 0 Å². The van der Waals surface area contributed by atoms with Crippen LogP contribution in [0.2, 0.25) is 0 Å². The SMILES string of the molecule is SN1CCOC12CCCNC2. The molecule has 1 spiro atoms. The Balaban J connectivity index is 2.06. The molecule has 11 heavy (non-hydrogen) atoms. The molecule has 0 radical (unpaired) electrons. The van der Waals surface area contributed by atoms with Crippen LogP contribution in [0.25, 0.3) is 0 Å². The molecule has 2 fully saturated rings. The van der Waals surface area contributed by atoms with Crippen molar-refractivity contribution in [3.05, 3.63) is 0 Å². The van der Waals surface area contributed by atoms with Crippen LogP contribution in [-0.2, 0) is 4.74 Å². The lowest BCUT2D eigenvalue weighted by Gasteiger charge is -2.37.